The van der Waals surface area contributed by atoms with E-state index >= 15 is 0 Å². The number of carboxylic acids is 1. The first kappa shape index (κ1) is 20.5. The van der Waals surface area contributed by atoms with Crippen LogP contribution in [0, 0.1) is 0 Å². The zero-order chi connectivity index (χ0) is 23.1. The molecule has 0 radical (unpaired) electrons. The van der Waals surface area contributed by atoms with Crippen molar-refractivity contribution in [3.63, 3.8) is 0 Å². The van der Waals surface area contributed by atoms with E-state index in [1.165, 1.54) is 4.57 Å². The number of carbonyl (C=O) groups excluding carboxylic acids is 1. The molecule has 166 valence electrons. The molecule has 1 aromatic heterocycles. The molecule has 0 saturated heterocycles. The fourth-order valence-electron chi connectivity index (χ4n) is 4.22. The van der Waals surface area contributed by atoms with Crippen molar-refractivity contribution in [2.45, 2.75) is 6.04 Å². The van der Waals surface area contributed by atoms with Gasteiger partial charge in [0.1, 0.15) is 30.2 Å². The number of hydrogen-bond acceptors (Lipinski definition) is 6. The van der Waals surface area contributed by atoms with Crippen LogP contribution in [0.3, 0.4) is 0 Å². The first-order valence-corrected chi connectivity index (χ1v) is 10.3. The third kappa shape index (κ3) is 3.43. The molecule has 2 aliphatic heterocycles. The minimum absolute atomic E-state index is 0.151. The molecule has 5 rings (SSSR count). The van der Waals surface area contributed by atoms with Crippen LogP contribution < -0.4 is 15.6 Å². The van der Waals surface area contributed by atoms with E-state index in [-0.39, 0.29) is 12.0 Å². The van der Waals surface area contributed by atoms with Gasteiger partial charge in [0.05, 0.1) is 18.1 Å². The second-order valence-electron chi connectivity index (χ2n) is 7.76. The number of benzene rings is 2. The van der Waals surface area contributed by atoms with Crippen molar-refractivity contribution in [3.05, 3.63) is 75.6 Å². The number of carbonyl (C=O) groups is 2. The molecule has 1 atom stereocenters. The number of aromatic nitrogens is 1. The first-order valence-electron chi connectivity index (χ1n) is 10.3. The molecule has 9 heteroatoms. The predicted molar refractivity (Wildman–Crippen MR) is 121 cm³/mol. The summed E-state index contributed by atoms with van der Waals surface area (Å²) in [4.78, 5) is 41.2. The molecule has 33 heavy (non-hydrogen) atoms. The molecular weight excluding hydrogens is 426 g/mol. The van der Waals surface area contributed by atoms with Crippen molar-refractivity contribution in [2.75, 3.05) is 19.7 Å². The standard InChI is InChI=1S/C24H19N3O6/c28-19(29)11-26-23(31)20-22(30)16-2-1-3-18-21(16)27(24(20)32)17(12-33-18)14-6-4-13(5-7-14)15-8-9-25-10-15/h1-9,17,30H,10-12H2,(H,26,31)(H,28,29). The Kier molecular flexibility index (Phi) is 4.93. The summed E-state index contributed by atoms with van der Waals surface area (Å²) in [5.74, 6) is -2.31. The maximum atomic E-state index is 13.5. The van der Waals surface area contributed by atoms with Crippen LogP contribution in [0.15, 0.2) is 58.3 Å². The maximum absolute atomic E-state index is 13.5. The lowest BCUT2D eigenvalue weighted by Crippen LogP contribution is -2.39. The van der Waals surface area contributed by atoms with E-state index in [0.717, 1.165) is 16.7 Å². The highest BCUT2D eigenvalue weighted by Crippen LogP contribution is 2.38. The minimum Gasteiger partial charge on any atom is -0.506 e. The number of nitrogens with one attached hydrogen (secondary N) is 1. The number of aromatic hydroxyl groups is 1. The predicted octanol–water partition coefficient (Wildman–Crippen LogP) is 1.97. The van der Waals surface area contributed by atoms with Gasteiger partial charge in [-0.1, -0.05) is 30.3 Å². The van der Waals surface area contributed by atoms with Gasteiger partial charge in [-0.05, 0) is 34.9 Å². The lowest BCUT2D eigenvalue weighted by Gasteiger charge is -2.29. The van der Waals surface area contributed by atoms with Crippen LogP contribution >= 0.6 is 0 Å². The van der Waals surface area contributed by atoms with Crippen molar-refractivity contribution < 1.29 is 24.5 Å². The van der Waals surface area contributed by atoms with Crippen LogP contribution in [0.25, 0.3) is 16.5 Å². The summed E-state index contributed by atoms with van der Waals surface area (Å²) in [7, 11) is 0. The molecule has 0 fully saturated rings. The minimum atomic E-state index is -1.26. The number of pyridine rings is 1. The van der Waals surface area contributed by atoms with Gasteiger partial charge in [-0.15, -0.1) is 0 Å². The molecular formula is C24H19N3O6. The number of amides is 1. The number of allylic oxidation sites excluding steroid dienone is 1. The Balaban J connectivity index is 1.65. The smallest absolute Gasteiger partial charge is 0.322 e. The van der Waals surface area contributed by atoms with Crippen LogP contribution in [-0.4, -0.2) is 52.6 Å². The number of hydrogen-bond donors (Lipinski definition) is 3. The van der Waals surface area contributed by atoms with Gasteiger partial charge in [0.2, 0.25) is 0 Å². The Labute approximate surface area is 187 Å². The van der Waals surface area contributed by atoms with Crippen LogP contribution in [0.4, 0.5) is 0 Å². The van der Waals surface area contributed by atoms with Gasteiger partial charge in [0, 0.05) is 11.6 Å². The lowest BCUT2D eigenvalue weighted by atomic mass is 9.99. The van der Waals surface area contributed by atoms with Gasteiger partial charge < -0.3 is 20.3 Å². The van der Waals surface area contributed by atoms with Gasteiger partial charge in [0.15, 0.2) is 0 Å². The molecule has 1 amide bonds. The van der Waals surface area contributed by atoms with Crippen LogP contribution in [0.2, 0.25) is 0 Å². The fraction of sp³-hybridized carbons (Fsp3) is 0.167. The van der Waals surface area contributed by atoms with Crippen LogP contribution in [0.1, 0.15) is 27.5 Å². The van der Waals surface area contributed by atoms with Crippen LogP contribution in [0.5, 0.6) is 11.5 Å². The molecule has 0 spiro atoms. The number of nitrogens with zero attached hydrogens (tertiary/aromatic N) is 2. The van der Waals surface area contributed by atoms with E-state index in [4.69, 9.17) is 9.84 Å². The summed E-state index contributed by atoms with van der Waals surface area (Å²) >= 11 is 0. The van der Waals surface area contributed by atoms with E-state index in [1.54, 1.807) is 24.4 Å². The van der Waals surface area contributed by atoms with E-state index in [1.807, 2.05) is 30.3 Å². The zero-order valence-corrected chi connectivity index (χ0v) is 17.3. The Morgan fingerprint density at radius 2 is 1.97 bits per heavy atom. The van der Waals surface area contributed by atoms with Gasteiger partial charge >= 0.3 is 5.97 Å². The average molecular weight is 445 g/mol. The summed E-state index contributed by atoms with van der Waals surface area (Å²) < 4.78 is 7.34. The quantitative estimate of drug-likeness (QED) is 0.551. The Morgan fingerprint density at radius 1 is 1.18 bits per heavy atom. The van der Waals surface area contributed by atoms with E-state index < -0.39 is 41.3 Å². The van der Waals surface area contributed by atoms with Crippen molar-refractivity contribution in [2.24, 2.45) is 4.99 Å². The number of ether oxygens (including phenoxy) is 1. The average Bonchev–Trinajstić information content (AvgIpc) is 3.36. The molecule has 2 aliphatic rings. The molecule has 3 aromatic rings. The third-order valence-corrected chi connectivity index (χ3v) is 5.81. The van der Waals surface area contributed by atoms with E-state index in [9.17, 15) is 19.5 Å². The Morgan fingerprint density at radius 3 is 2.67 bits per heavy atom. The Hall–Kier alpha value is -4.40. The maximum Gasteiger partial charge on any atom is 0.322 e. The topological polar surface area (TPSA) is 130 Å². The SMILES string of the molecule is O=C(O)CNC(=O)c1c(O)c2cccc3c2n(c1=O)C(c1ccc(C2=CC=NC2)cc1)CO3. The van der Waals surface area contributed by atoms with Crippen molar-refractivity contribution in [1.29, 1.82) is 0 Å². The number of para-hydroxylation sites is 1. The van der Waals surface area contributed by atoms with Crippen molar-refractivity contribution in [1.82, 2.24) is 9.88 Å². The molecule has 0 bridgehead atoms. The number of rotatable bonds is 5. The molecule has 9 nitrogen and oxygen atoms in total. The molecule has 3 N–H and O–H groups in total. The summed E-state index contributed by atoms with van der Waals surface area (Å²) in [5, 5.41) is 22.0. The van der Waals surface area contributed by atoms with Crippen molar-refractivity contribution in [3.8, 4) is 11.5 Å². The lowest BCUT2D eigenvalue weighted by molar-refractivity contribution is -0.135. The Bertz CT molecular complexity index is 1420. The third-order valence-electron chi connectivity index (χ3n) is 5.81. The summed E-state index contributed by atoms with van der Waals surface area (Å²) in [6.07, 6.45) is 3.71. The second-order valence-corrected chi connectivity index (χ2v) is 7.76. The monoisotopic (exact) mass is 445 g/mol. The second kappa shape index (κ2) is 7.94. The molecule has 2 aromatic carbocycles. The van der Waals surface area contributed by atoms with E-state index in [2.05, 4.69) is 10.3 Å². The van der Waals surface area contributed by atoms with Gasteiger partial charge in [-0.2, -0.15) is 0 Å². The normalized spacial score (nSPS) is 16.4. The molecule has 1 unspecified atom stereocenters. The summed E-state index contributed by atoms with van der Waals surface area (Å²) in [5.41, 5.74) is 2.05. The summed E-state index contributed by atoms with van der Waals surface area (Å²) in [6.45, 7) is 0.0909. The summed E-state index contributed by atoms with van der Waals surface area (Å²) in [6, 6.07) is 12.0. The van der Waals surface area contributed by atoms with Gasteiger partial charge in [-0.25, -0.2) is 0 Å². The van der Waals surface area contributed by atoms with Gasteiger partial charge in [0.25, 0.3) is 11.5 Å². The molecule has 0 saturated carbocycles. The number of carboxylic acid groups (broad SMARTS) is 1. The fourth-order valence-corrected chi connectivity index (χ4v) is 4.22. The van der Waals surface area contributed by atoms with E-state index in [0.29, 0.717) is 17.8 Å². The number of aliphatic carboxylic acids is 1. The molecule has 0 aliphatic carbocycles. The highest BCUT2D eigenvalue weighted by Gasteiger charge is 2.31. The highest BCUT2D eigenvalue weighted by atomic mass is 16.5. The van der Waals surface area contributed by atoms with Crippen molar-refractivity contribution >= 4 is 34.6 Å². The zero-order valence-electron chi connectivity index (χ0n) is 17.3. The first-order chi connectivity index (χ1) is 16.0. The highest BCUT2D eigenvalue weighted by molar-refractivity contribution is 6.04. The molecule has 3 heterocycles. The van der Waals surface area contributed by atoms with Crippen LogP contribution in [-0.2, 0) is 4.79 Å². The number of aliphatic imine (C=N–C) groups is 1. The van der Waals surface area contributed by atoms with Gasteiger partial charge in [-0.3, -0.25) is 23.9 Å². The largest absolute Gasteiger partial charge is 0.506 e.